The Labute approximate surface area is 331 Å². The lowest BCUT2D eigenvalue weighted by atomic mass is 9.49. The van der Waals surface area contributed by atoms with E-state index in [1.807, 2.05) is 29.2 Å². The van der Waals surface area contributed by atoms with Crippen molar-refractivity contribution in [2.24, 2.45) is 16.7 Å². The predicted octanol–water partition coefficient (Wildman–Crippen LogP) is 5.77. The van der Waals surface area contributed by atoms with Gasteiger partial charge in [-0.1, -0.05) is 39.3 Å². The SMILES string of the molecule is CC1(C)[C@H](Nc2ccc(C(=O)N3CCC(CN4Cc5cc6c(cc5C4)C(=O)N([C@H]4CCC(=O)NC4=O)C6=O)CC3)cc2)C(C)(C)[C@H]1Oc1ccc(C#N)c(Cl)c1. The maximum Gasteiger partial charge on any atom is 0.262 e. The summed E-state index contributed by atoms with van der Waals surface area (Å²) in [6.45, 7) is 12.2. The van der Waals surface area contributed by atoms with E-state index in [-0.39, 0.29) is 41.7 Å². The molecule has 3 aromatic rings. The summed E-state index contributed by atoms with van der Waals surface area (Å²) in [6.07, 6.45) is 1.89. The Morgan fingerprint density at radius 1 is 0.911 bits per heavy atom. The molecule has 0 bridgehead atoms. The van der Waals surface area contributed by atoms with Gasteiger partial charge in [-0.15, -0.1) is 0 Å². The summed E-state index contributed by atoms with van der Waals surface area (Å²) in [5.41, 5.74) is 4.20. The summed E-state index contributed by atoms with van der Waals surface area (Å²) < 4.78 is 6.43. The lowest BCUT2D eigenvalue weighted by Crippen LogP contribution is -2.72. The number of likely N-dealkylation sites (tertiary alicyclic amines) is 1. The van der Waals surface area contributed by atoms with Crippen LogP contribution in [-0.4, -0.2) is 82.1 Å². The standard InChI is InChI=1S/C43H45ClN6O6/c1-42(2)40(43(3,4)41(42)56-30-10-7-26(20-45)33(44)19-30)46-29-8-5-25(6-9-29)37(53)49-15-13-24(14-16-49)21-48-22-27-17-31-32(18-28(27)23-48)39(55)50(38(31)54)34-11-12-35(51)47-36(34)52/h5-10,17-19,24,34,40-41,46H,11-16,21-23H2,1-4H3,(H,47,51,52)/t34-,40-,41-/m0/s1. The first-order valence-corrected chi connectivity index (χ1v) is 19.7. The molecule has 4 aliphatic heterocycles. The Hall–Kier alpha value is -5.25. The van der Waals surface area contributed by atoms with Gasteiger partial charge in [-0.2, -0.15) is 5.26 Å². The number of piperidine rings is 2. The summed E-state index contributed by atoms with van der Waals surface area (Å²) in [7, 11) is 0. The van der Waals surface area contributed by atoms with E-state index in [2.05, 4.69) is 49.3 Å². The number of carbonyl (C=O) groups excluding carboxylic acids is 5. The van der Waals surface area contributed by atoms with Gasteiger partial charge in [-0.05, 0) is 84.8 Å². The van der Waals surface area contributed by atoms with Gasteiger partial charge in [0.2, 0.25) is 11.8 Å². The van der Waals surface area contributed by atoms with E-state index in [0.717, 1.165) is 41.1 Å². The number of nitrogens with zero attached hydrogens (tertiary/aromatic N) is 4. The number of benzene rings is 3. The number of imide groups is 2. The van der Waals surface area contributed by atoms with Gasteiger partial charge in [-0.3, -0.25) is 39.1 Å². The van der Waals surface area contributed by atoms with Gasteiger partial charge in [0.25, 0.3) is 17.7 Å². The Morgan fingerprint density at radius 3 is 2.11 bits per heavy atom. The monoisotopic (exact) mass is 776 g/mol. The number of fused-ring (bicyclic) bond motifs is 2. The molecule has 13 heteroatoms. The number of nitrogens with one attached hydrogen (secondary N) is 2. The number of halogens is 1. The highest BCUT2D eigenvalue weighted by atomic mass is 35.5. The second-order valence-corrected chi connectivity index (χ2v) is 17.5. The number of hydrogen-bond acceptors (Lipinski definition) is 9. The fourth-order valence-corrected chi connectivity index (χ4v) is 10.1. The fraction of sp³-hybridized carbons (Fsp3) is 0.442. The van der Waals surface area contributed by atoms with Gasteiger partial charge < -0.3 is 15.0 Å². The molecule has 1 saturated carbocycles. The third-order valence-corrected chi connectivity index (χ3v) is 12.9. The first kappa shape index (κ1) is 37.7. The number of nitriles is 1. The Bertz CT molecular complexity index is 2140. The van der Waals surface area contributed by atoms with Crippen LogP contribution >= 0.6 is 11.6 Å². The molecule has 5 aliphatic rings. The average Bonchev–Trinajstić information content (AvgIpc) is 3.67. The zero-order chi connectivity index (χ0) is 39.7. The fourth-order valence-electron chi connectivity index (χ4n) is 9.91. The van der Waals surface area contributed by atoms with E-state index in [1.165, 1.54) is 0 Å². The molecule has 3 aromatic carbocycles. The van der Waals surface area contributed by atoms with Crippen LogP contribution in [0.5, 0.6) is 5.75 Å². The number of hydrogen-bond donors (Lipinski definition) is 2. The number of rotatable bonds is 8. The normalized spacial score (nSPS) is 24.2. The van der Waals surface area contributed by atoms with E-state index in [0.29, 0.717) is 65.1 Å². The molecule has 12 nitrogen and oxygen atoms in total. The van der Waals surface area contributed by atoms with Crippen molar-refractivity contribution >= 4 is 46.8 Å². The van der Waals surface area contributed by atoms with Gasteiger partial charge in [0.05, 0.1) is 21.7 Å². The molecule has 2 saturated heterocycles. The molecule has 0 aromatic heterocycles. The van der Waals surface area contributed by atoms with Crippen LogP contribution < -0.4 is 15.4 Å². The van der Waals surface area contributed by atoms with Crippen LogP contribution in [0, 0.1) is 28.1 Å². The molecule has 290 valence electrons. The highest BCUT2D eigenvalue weighted by Gasteiger charge is 2.63. The first-order valence-electron chi connectivity index (χ1n) is 19.3. The summed E-state index contributed by atoms with van der Waals surface area (Å²) in [5.74, 6) is -0.904. The lowest BCUT2D eigenvalue weighted by molar-refractivity contribution is -0.147. The smallest absolute Gasteiger partial charge is 0.262 e. The molecule has 0 spiro atoms. The van der Waals surface area contributed by atoms with Crippen LogP contribution in [0.2, 0.25) is 5.02 Å². The van der Waals surface area contributed by atoms with Crippen LogP contribution in [0.15, 0.2) is 54.6 Å². The first-order chi connectivity index (χ1) is 26.6. The molecule has 0 radical (unpaired) electrons. The molecular weight excluding hydrogens is 732 g/mol. The van der Waals surface area contributed by atoms with Crippen LogP contribution in [0.25, 0.3) is 0 Å². The maximum absolute atomic E-state index is 13.6. The number of amides is 5. The van der Waals surface area contributed by atoms with E-state index in [9.17, 15) is 29.2 Å². The second-order valence-electron chi connectivity index (χ2n) is 17.1. The van der Waals surface area contributed by atoms with Gasteiger partial charge >= 0.3 is 0 Å². The molecule has 8 rings (SSSR count). The van der Waals surface area contributed by atoms with E-state index in [4.69, 9.17) is 16.3 Å². The third kappa shape index (κ3) is 6.50. The van der Waals surface area contributed by atoms with E-state index >= 15 is 0 Å². The van der Waals surface area contributed by atoms with Crippen molar-refractivity contribution in [1.82, 2.24) is 20.0 Å². The second kappa shape index (κ2) is 14.0. The topological polar surface area (TPSA) is 152 Å². The molecule has 1 atom stereocenters. The minimum atomic E-state index is -0.975. The van der Waals surface area contributed by atoms with Crippen LogP contribution in [0.1, 0.15) is 101 Å². The summed E-state index contributed by atoms with van der Waals surface area (Å²) in [6, 6.07) is 17.7. The molecule has 56 heavy (non-hydrogen) atoms. The zero-order valence-corrected chi connectivity index (χ0v) is 32.7. The van der Waals surface area contributed by atoms with Gasteiger partial charge in [-0.25, -0.2) is 0 Å². The van der Waals surface area contributed by atoms with Crippen molar-refractivity contribution in [3.05, 3.63) is 93.0 Å². The Balaban J connectivity index is 0.821. The largest absolute Gasteiger partial charge is 0.489 e. The minimum absolute atomic E-state index is 0.0256. The van der Waals surface area contributed by atoms with E-state index < -0.39 is 29.7 Å². The Morgan fingerprint density at radius 2 is 1.54 bits per heavy atom. The summed E-state index contributed by atoms with van der Waals surface area (Å²) in [4.78, 5) is 69.5. The molecule has 5 amide bonds. The Kier molecular flexibility index (Phi) is 9.45. The molecule has 4 heterocycles. The maximum atomic E-state index is 13.6. The van der Waals surface area contributed by atoms with Gasteiger partial charge in [0.15, 0.2) is 0 Å². The van der Waals surface area contributed by atoms with Crippen LogP contribution in [0.4, 0.5) is 5.69 Å². The van der Waals surface area contributed by atoms with Crippen LogP contribution in [-0.2, 0) is 22.7 Å². The summed E-state index contributed by atoms with van der Waals surface area (Å²) in [5, 5.41) is 15.5. The van der Waals surface area contributed by atoms with Gasteiger partial charge in [0.1, 0.15) is 24.0 Å². The lowest BCUT2D eigenvalue weighted by Gasteiger charge is -2.63. The highest BCUT2D eigenvalue weighted by Crippen LogP contribution is 2.56. The van der Waals surface area contributed by atoms with Crippen molar-refractivity contribution in [3.8, 4) is 11.8 Å². The van der Waals surface area contributed by atoms with Crippen molar-refractivity contribution in [1.29, 1.82) is 5.26 Å². The van der Waals surface area contributed by atoms with Gasteiger partial charge in [0, 0.05) is 73.3 Å². The van der Waals surface area contributed by atoms with Crippen molar-refractivity contribution in [2.75, 3.05) is 25.0 Å². The van der Waals surface area contributed by atoms with Crippen LogP contribution in [0.3, 0.4) is 0 Å². The zero-order valence-electron chi connectivity index (χ0n) is 32.0. The number of carbonyl (C=O) groups is 5. The molecule has 0 unspecified atom stereocenters. The molecule has 2 N–H and O–H groups in total. The predicted molar refractivity (Wildman–Crippen MR) is 208 cm³/mol. The molecular formula is C43H45ClN6O6. The van der Waals surface area contributed by atoms with Crippen molar-refractivity contribution < 1.29 is 28.7 Å². The molecule has 3 fully saturated rings. The quantitative estimate of drug-likeness (QED) is 0.272. The van der Waals surface area contributed by atoms with E-state index in [1.54, 1.807) is 30.3 Å². The highest BCUT2D eigenvalue weighted by molar-refractivity contribution is 6.31. The van der Waals surface area contributed by atoms with Crippen molar-refractivity contribution in [2.45, 2.75) is 84.7 Å². The summed E-state index contributed by atoms with van der Waals surface area (Å²) >= 11 is 6.26. The van der Waals surface area contributed by atoms with Crippen molar-refractivity contribution in [3.63, 3.8) is 0 Å². The average molecular weight is 777 g/mol. The number of anilines is 1. The third-order valence-electron chi connectivity index (χ3n) is 12.6. The minimum Gasteiger partial charge on any atom is -0.489 e. The number of ether oxygens (including phenoxy) is 1. The molecule has 1 aliphatic carbocycles.